The third kappa shape index (κ3) is 2.50. The molecular weight excluding hydrogens is 237 g/mol. The van der Waals surface area contributed by atoms with Gasteiger partial charge in [0, 0.05) is 0 Å². The van der Waals surface area contributed by atoms with Gasteiger partial charge in [-0.05, 0) is 24.3 Å². The van der Waals surface area contributed by atoms with E-state index in [1.165, 1.54) is 12.1 Å². The molecule has 1 aromatic heterocycles. The first-order valence-corrected chi connectivity index (χ1v) is 4.90. The zero-order valence-electron chi connectivity index (χ0n) is 9.09. The summed E-state index contributed by atoms with van der Waals surface area (Å²) >= 11 is 0. The molecule has 0 fully saturated rings. The van der Waals surface area contributed by atoms with E-state index in [0.29, 0.717) is 11.3 Å². The highest BCUT2D eigenvalue weighted by molar-refractivity contribution is 5.37. The maximum Gasteiger partial charge on any atom is 0.260 e. The molecule has 0 spiro atoms. The van der Waals surface area contributed by atoms with Crippen LogP contribution < -0.4 is 16.0 Å². The Labute approximate surface area is 102 Å². The second-order valence-corrected chi connectivity index (χ2v) is 3.23. The highest BCUT2D eigenvalue weighted by Crippen LogP contribution is 2.22. The Balaban J connectivity index is 2.25. The zero-order chi connectivity index (χ0) is 13.0. The molecule has 0 aliphatic heterocycles. The van der Waals surface area contributed by atoms with Crippen LogP contribution in [0.25, 0.3) is 0 Å². The van der Waals surface area contributed by atoms with Crippen molar-refractivity contribution in [3.05, 3.63) is 41.8 Å². The number of ether oxygens (including phenoxy) is 1. The number of nitrogen functional groups attached to an aromatic ring is 1. The highest BCUT2D eigenvalue weighted by Gasteiger charge is 2.08. The van der Waals surface area contributed by atoms with E-state index in [0.717, 1.165) is 6.20 Å². The first-order valence-electron chi connectivity index (χ1n) is 4.90. The van der Waals surface area contributed by atoms with Gasteiger partial charge in [-0.3, -0.25) is 5.43 Å². The van der Waals surface area contributed by atoms with Gasteiger partial charge in [-0.15, -0.1) is 0 Å². The number of nitriles is 1. The molecule has 18 heavy (non-hydrogen) atoms. The van der Waals surface area contributed by atoms with Gasteiger partial charge in [0.25, 0.3) is 5.88 Å². The van der Waals surface area contributed by atoms with Crippen molar-refractivity contribution in [2.24, 2.45) is 5.84 Å². The number of hydrogen-bond acceptors (Lipinski definition) is 6. The lowest BCUT2D eigenvalue weighted by atomic mass is 10.2. The maximum atomic E-state index is 13.4. The molecule has 1 heterocycles. The second kappa shape index (κ2) is 5.07. The topological polar surface area (TPSA) is 96.8 Å². The van der Waals surface area contributed by atoms with E-state index in [1.54, 1.807) is 12.1 Å². The summed E-state index contributed by atoms with van der Waals surface area (Å²) in [6, 6.07) is 8.14. The fourth-order valence-corrected chi connectivity index (χ4v) is 1.20. The predicted octanol–water partition coefficient (Wildman–Crippen LogP) is 1.57. The smallest absolute Gasteiger partial charge is 0.260 e. The van der Waals surface area contributed by atoms with Crippen LogP contribution in [0.15, 0.2) is 30.5 Å². The summed E-state index contributed by atoms with van der Waals surface area (Å²) in [7, 11) is 0. The van der Waals surface area contributed by atoms with E-state index in [4.69, 9.17) is 15.8 Å². The Bertz CT molecular complexity index is 593. The largest absolute Gasteiger partial charge is 0.436 e. The molecule has 1 aromatic carbocycles. The Morgan fingerprint density at radius 3 is 2.67 bits per heavy atom. The van der Waals surface area contributed by atoms with Gasteiger partial charge in [0.15, 0.2) is 0 Å². The van der Waals surface area contributed by atoms with Gasteiger partial charge in [0.05, 0.1) is 17.8 Å². The van der Waals surface area contributed by atoms with E-state index in [1.807, 2.05) is 6.07 Å². The van der Waals surface area contributed by atoms with Crippen LogP contribution in [0.3, 0.4) is 0 Å². The molecule has 7 heteroatoms. The minimum absolute atomic E-state index is 0.0417. The van der Waals surface area contributed by atoms with Crippen LogP contribution >= 0.6 is 0 Å². The van der Waals surface area contributed by atoms with E-state index >= 15 is 0 Å². The molecule has 0 unspecified atom stereocenters. The minimum Gasteiger partial charge on any atom is -0.436 e. The quantitative estimate of drug-likeness (QED) is 0.629. The summed E-state index contributed by atoms with van der Waals surface area (Å²) in [6.45, 7) is 0. The first-order chi connectivity index (χ1) is 8.72. The Morgan fingerprint density at radius 1 is 1.33 bits per heavy atom. The SMILES string of the molecule is N#Cc1ccc(Oc2nc(NN)ncc2F)cc1. The fourth-order valence-electron chi connectivity index (χ4n) is 1.20. The van der Waals surface area contributed by atoms with Crippen molar-refractivity contribution in [3.63, 3.8) is 0 Å². The second-order valence-electron chi connectivity index (χ2n) is 3.23. The molecule has 0 atom stereocenters. The summed E-state index contributed by atoms with van der Waals surface area (Å²) < 4.78 is 18.6. The number of nitrogens with zero attached hydrogens (tertiary/aromatic N) is 3. The van der Waals surface area contributed by atoms with Gasteiger partial charge in [0.1, 0.15) is 5.75 Å². The van der Waals surface area contributed by atoms with Gasteiger partial charge < -0.3 is 4.74 Å². The normalized spacial score (nSPS) is 9.61. The fraction of sp³-hybridized carbons (Fsp3) is 0. The summed E-state index contributed by atoms with van der Waals surface area (Å²) in [4.78, 5) is 7.30. The zero-order valence-corrected chi connectivity index (χ0v) is 9.09. The van der Waals surface area contributed by atoms with Crippen LogP contribution in [-0.4, -0.2) is 9.97 Å². The monoisotopic (exact) mass is 245 g/mol. The number of hydrazine groups is 1. The van der Waals surface area contributed by atoms with Crippen LogP contribution in [0.5, 0.6) is 11.6 Å². The van der Waals surface area contributed by atoms with Gasteiger partial charge >= 0.3 is 0 Å². The third-order valence-electron chi connectivity index (χ3n) is 2.04. The standard InChI is InChI=1S/C11H8FN5O/c12-9-6-15-11(17-14)16-10(9)18-8-3-1-7(5-13)2-4-8/h1-4,6H,14H2,(H,15,16,17). The van der Waals surface area contributed by atoms with Crippen molar-refractivity contribution >= 4 is 5.95 Å². The van der Waals surface area contributed by atoms with Gasteiger partial charge in [0.2, 0.25) is 11.8 Å². The number of benzene rings is 1. The third-order valence-corrected chi connectivity index (χ3v) is 2.04. The lowest BCUT2D eigenvalue weighted by Crippen LogP contribution is -2.11. The number of anilines is 1. The van der Waals surface area contributed by atoms with Gasteiger partial charge in [-0.25, -0.2) is 10.8 Å². The minimum atomic E-state index is -0.710. The Kier molecular flexibility index (Phi) is 3.31. The van der Waals surface area contributed by atoms with E-state index in [2.05, 4.69) is 15.4 Å². The van der Waals surface area contributed by atoms with Crippen molar-refractivity contribution in [1.29, 1.82) is 5.26 Å². The lowest BCUT2D eigenvalue weighted by molar-refractivity contribution is 0.420. The van der Waals surface area contributed by atoms with E-state index in [9.17, 15) is 4.39 Å². The summed E-state index contributed by atoms with van der Waals surface area (Å²) in [6.07, 6.45) is 0.946. The van der Waals surface area contributed by atoms with E-state index < -0.39 is 5.82 Å². The molecule has 0 aliphatic rings. The van der Waals surface area contributed by atoms with Crippen molar-refractivity contribution in [3.8, 4) is 17.7 Å². The average molecular weight is 245 g/mol. The number of rotatable bonds is 3. The first kappa shape index (κ1) is 11.8. The van der Waals surface area contributed by atoms with Crippen LogP contribution in [0, 0.1) is 17.1 Å². The summed E-state index contributed by atoms with van der Waals surface area (Å²) in [5, 5.41) is 8.64. The molecule has 0 radical (unpaired) electrons. The molecular formula is C11H8FN5O. The molecule has 3 N–H and O–H groups in total. The molecule has 0 amide bonds. The molecule has 0 saturated carbocycles. The molecule has 90 valence electrons. The van der Waals surface area contributed by atoms with Gasteiger partial charge in [-0.1, -0.05) is 0 Å². The molecule has 0 aliphatic carbocycles. The Hall–Kier alpha value is -2.72. The number of halogens is 1. The number of aromatic nitrogens is 2. The van der Waals surface area contributed by atoms with Crippen molar-refractivity contribution in [1.82, 2.24) is 9.97 Å². The van der Waals surface area contributed by atoms with Crippen molar-refractivity contribution < 1.29 is 9.13 Å². The molecule has 0 bridgehead atoms. The number of hydrogen-bond donors (Lipinski definition) is 2. The van der Waals surface area contributed by atoms with Crippen LogP contribution in [0.1, 0.15) is 5.56 Å². The molecule has 2 rings (SSSR count). The van der Waals surface area contributed by atoms with E-state index in [-0.39, 0.29) is 11.8 Å². The lowest BCUT2D eigenvalue weighted by Gasteiger charge is -2.06. The average Bonchev–Trinajstić information content (AvgIpc) is 2.42. The van der Waals surface area contributed by atoms with Crippen LogP contribution in [0.4, 0.5) is 10.3 Å². The Morgan fingerprint density at radius 2 is 2.06 bits per heavy atom. The molecule has 0 saturated heterocycles. The maximum absolute atomic E-state index is 13.4. The predicted molar refractivity (Wildman–Crippen MR) is 61.0 cm³/mol. The van der Waals surface area contributed by atoms with Crippen molar-refractivity contribution in [2.75, 3.05) is 5.43 Å². The van der Waals surface area contributed by atoms with Crippen molar-refractivity contribution in [2.45, 2.75) is 0 Å². The highest BCUT2D eigenvalue weighted by atomic mass is 19.1. The molecule has 2 aromatic rings. The van der Waals surface area contributed by atoms with Gasteiger partial charge in [-0.2, -0.15) is 14.6 Å². The number of nitrogens with one attached hydrogen (secondary N) is 1. The van der Waals surface area contributed by atoms with Crippen LogP contribution in [0.2, 0.25) is 0 Å². The molecule has 6 nitrogen and oxygen atoms in total. The number of nitrogens with two attached hydrogens (primary N) is 1. The summed E-state index contributed by atoms with van der Waals surface area (Å²) in [5.74, 6) is 4.55. The van der Waals surface area contributed by atoms with Crippen LogP contribution in [-0.2, 0) is 0 Å². The summed E-state index contributed by atoms with van der Waals surface area (Å²) in [5.41, 5.74) is 2.67.